The van der Waals surface area contributed by atoms with Crippen LogP contribution in [0, 0.1) is 52.8 Å². The number of ether oxygens (including phenoxy) is 1. The standard InChI is InChI=1S/C29H45NO4/c1-16-5-8-27-29(4,33)23-7-6-19-20(22(23)15-30(27)14-16)12-24-21(19)13-26(32)25-11-18(34-17(2)31)9-10-28(24,25)3/h16,18-25,27,33H,5-15H2,1-4H3/t16?,18?,19-,20-,21?,22?,23?,24+,25-,27+,28?,29+/m1/s1. The van der Waals surface area contributed by atoms with Gasteiger partial charge in [0.25, 0.3) is 0 Å². The molecule has 2 saturated heterocycles. The third kappa shape index (κ3) is 3.38. The molecule has 0 aromatic heterocycles. The highest BCUT2D eigenvalue weighted by molar-refractivity contribution is 5.83. The van der Waals surface area contributed by atoms with E-state index in [0.29, 0.717) is 47.3 Å². The number of nitrogens with zero attached hydrogens (tertiary/aromatic N) is 1. The maximum atomic E-state index is 13.5. The molecule has 5 nitrogen and oxygen atoms in total. The Hall–Kier alpha value is -0.940. The molecule has 1 N–H and O–H groups in total. The van der Waals surface area contributed by atoms with Crippen molar-refractivity contribution in [3.05, 3.63) is 0 Å². The van der Waals surface area contributed by atoms with Crippen LogP contribution in [0.3, 0.4) is 0 Å². The largest absolute Gasteiger partial charge is 0.463 e. The summed E-state index contributed by atoms with van der Waals surface area (Å²) in [4.78, 5) is 27.7. The number of carbonyl (C=O) groups is 2. The highest BCUT2D eigenvalue weighted by atomic mass is 16.5. The first kappa shape index (κ1) is 23.5. The summed E-state index contributed by atoms with van der Waals surface area (Å²) in [5, 5.41) is 11.9. The van der Waals surface area contributed by atoms with Gasteiger partial charge >= 0.3 is 5.97 Å². The first-order valence-corrected chi connectivity index (χ1v) is 14.3. The van der Waals surface area contributed by atoms with Gasteiger partial charge in [0, 0.05) is 38.4 Å². The Bertz CT molecular complexity index is 855. The van der Waals surface area contributed by atoms with E-state index in [0.717, 1.165) is 57.5 Å². The SMILES string of the molecule is CC(=O)OC1CCC2(C)[C@H](C1)C(=O)CC1[C@@H]3CCC4C(CN5CC(C)CC[C@H]5[C@@]4(C)O)[C@@H]3C[C@@H]12. The van der Waals surface area contributed by atoms with Crippen molar-refractivity contribution in [2.45, 2.75) is 103 Å². The van der Waals surface area contributed by atoms with Gasteiger partial charge in [-0.05, 0) is 105 Å². The number of fused-ring (bicyclic) bond motifs is 8. The van der Waals surface area contributed by atoms with Crippen molar-refractivity contribution in [1.82, 2.24) is 4.90 Å². The molecule has 6 rings (SSSR count). The van der Waals surface area contributed by atoms with Gasteiger partial charge in [0.2, 0.25) is 0 Å². The Morgan fingerprint density at radius 2 is 1.76 bits per heavy atom. The molecule has 0 bridgehead atoms. The van der Waals surface area contributed by atoms with Crippen LogP contribution in [-0.4, -0.2) is 52.6 Å². The number of piperidine rings is 2. The molecule has 0 radical (unpaired) electrons. The number of hydrogen-bond acceptors (Lipinski definition) is 5. The number of hydrogen-bond donors (Lipinski definition) is 1. The lowest BCUT2D eigenvalue weighted by Crippen LogP contribution is -2.67. The van der Waals surface area contributed by atoms with Crippen LogP contribution >= 0.6 is 0 Å². The Morgan fingerprint density at radius 1 is 0.971 bits per heavy atom. The van der Waals surface area contributed by atoms with E-state index in [1.165, 1.54) is 26.2 Å². The fraction of sp³-hybridized carbons (Fsp3) is 0.931. The molecule has 6 unspecified atom stereocenters. The first-order valence-electron chi connectivity index (χ1n) is 14.3. The summed E-state index contributed by atoms with van der Waals surface area (Å²) in [5.41, 5.74) is -0.547. The molecule has 4 aliphatic carbocycles. The van der Waals surface area contributed by atoms with E-state index in [1.807, 2.05) is 0 Å². The second kappa shape index (κ2) is 8.03. The zero-order valence-corrected chi connectivity index (χ0v) is 21.7. The summed E-state index contributed by atoms with van der Waals surface area (Å²) in [6.07, 6.45) is 9.19. The predicted molar refractivity (Wildman–Crippen MR) is 130 cm³/mol. The van der Waals surface area contributed by atoms with E-state index in [1.54, 1.807) is 0 Å². The molecule has 4 saturated carbocycles. The lowest BCUT2D eigenvalue weighted by Gasteiger charge is -2.59. The predicted octanol–water partition coefficient (Wildman–Crippen LogP) is 4.46. The normalized spacial score (nSPS) is 54.8. The van der Waals surface area contributed by atoms with E-state index in [9.17, 15) is 14.7 Å². The molecule has 2 aliphatic heterocycles. The zero-order valence-electron chi connectivity index (χ0n) is 21.7. The van der Waals surface area contributed by atoms with Gasteiger partial charge in [0.1, 0.15) is 11.9 Å². The van der Waals surface area contributed by atoms with Crippen molar-refractivity contribution in [3.8, 4) is 0 Å². The van der Waals surface area contributed by atoms with Crippen LogP contribution in [0.25, 0.3) is 0 Å². The van der Waals surface area contributed by atoms with Crippen LogP contribution in [-0.2, 0) is 14.3 Å². The molecule has 12 atom stereocenters. The number of ketones is 1. The zero-order chi connectivity index (χ0) is 24.0. The van der Waals surface area contributed by atoms with Gasteiger partial charge in [0.05, 0.1) is 5.60 Å². The topological polar surface area (TPSA) is 66.8 Å². The van der Waals surface area contributed by atoms with Crippen molar-refractivity contribution in [3.63, 3.8) is 0 Å². The van der Waals surface area contributed by atoms with E-state index in [-0.39, 0.29) is 23.4 Å². The number of Topliss-reactive ketones (excluding diaryl/α,β-unsaturated/α-hetero) is 1. The second-order valence-corrected chi connectivity index (χ2v) is 13.8. The Labute approximate surface area is 205 Å². The fourth-order valence-electron chi connectivity index (χ4n) is 10.7. The van der Waals surface area contributed by atoms with Crippen molar-refractivity contribution < 1.29 is 19.4 Å². The van der Waals surface area contributed by atoms with E-state index in [4.69, 9.17) is 4.74 Å². The number of rotatable bonds is 1. The fourth-order valence-corrected chi connectivity index (χ4v) is 10.7. The third-order valence-electron chi connectivity index (χ3n) is 12.1. The average molecular weight is 472 g/mol. The number of carbonyl (C=O) groups excluding carboxylic acids is 2. The minimum absolute atomic E-state index is 0.0445. The average Bonchev–Trinajstić information content (AvgIpc) is 3.14. The maximum Gasteiger partial charge on any atom is 0.302 e. The van der Waals surface area contributed by atoms with E-state index in [2.05, 4.69) is 25.7 Å². The minimum atomic E-state index is -0.591. The quantitative estimate of drug-likeness (QED) is 0.572. The van der Waals surface area contributed by atoms with Gasteiger partial charge < -0.3 is 9.84 Å². The molecule has 0 spiro atoms. The summed E-state index contributed by atoms with van der Waals surface area (Å²) >= 11 is 0. The number of esters is 1. The molecular formula is C29H45NO4. The summed E-state index contributed by atoms with van der Waals surface area (Å²) in [6.45, 7) is 10.7. The minimum Gasteiger partial charge on any atom is -0.463 e. The molecule has 6 aliphatic rings. The Morgan fingerprint density at radius 3 is 2.53 bits per heavy atom. The molecule has 0 amide bonds. The molecule has 34 heavy (non-hydrogen) atoms. The summed E-state index contributed by atoms with van der Waals surface area (Å²) in [5.74, 6) is 4.37. The second-order valence-electron chi connectivity index (χ2n) is 13.8. The monoisotopic (exact) mass is 471 g/mol. The molecule has 190 valence electrons. The lowest BCUT2D eigenvalue weighted by atomic mass is 9.51. The summed E-state index contributed by atoms with van der Waals surface area (Å²) < 4.78 is 5.57. The van der Waals surface area contributed by atoms with Crippen molar-refractivity contribution in [1.29, 1.82) is 0 Å². The van der Waals surface area contributed by atoms with Gasteiger partial charge in [-0.3, -0.25) is 14.5 Å². The van der Waals surface area contributed by atoms with Gasteiger partial charge in [-0.2, -0.15) is 0 Å². The van der Waals surface area contributed by atoms with Crippen molar-refractivity contribution in [2.75, 3.05) is 13.1 Å². The summed E-state index contributed by atoms with van der Waals surface area (Å²) in [6, 6.07) is 0.324. The van der Waals surface area contributed by atoms with E-state index < -0.39 is 5.60 Å². The highest BCUT2D eigenvalue weighted by Gasteiger charge is 2.64. The van der Waals surface area contributed by atoms with Gasteiger partial charge in [-0.25, -0.2) is 0 Å². The van der Waals surface area contributed by atoms with Crippen LogP contribution < -0.4 is 0 Å². The van der Waals surface area contributed by atoms with Crippen LogP contribution in [0.4, 0.5) is 0 Å². The summed E-state index contributed by atoms with van der Waals surface area (Å²) in [7, 11) is 0. The Kier molecular flexibility index (Phi) is 5.54. The van der Waals surface area contributed by atoms with Crippen molar-refractivity contribution >= 4 is 11.8 Å². The highest BCUT2D eigenvalue weighted by Crippen LogP contribution is 2.66. The molecular weight excluding hydrogens is 426 g/mol. The van der Waals surface area contributed by atoms with E-state index >= 15 is 0 Å². The van der Waals surface area contributed by atoms with Gasteiger partial charge in [-0.1, -0.05) is 13.8 Å². The lowest BCUT2D eigenvalue weighted by molar-refractivity contribution is -0.175. The smallest absolute Gasteiger partial charge is 0.302 e. The molecule has 0 aromatic rings. The van der Waals surface area contributed by atoms with Crippen LogP contribution in [0.15, 0.2) is 0 Å². The Balaban J connectivity index is 1.26. The van der Waals surface area contributed by atoms with Crippen LogP contribution in [0.2, 0.25) is 0 Å². The van der Waals surface area contributed by atoms with Crippen LogP contribution in [0.5, 0.6) is 0 Å². The molecule has 6 fully saturated rings. The van der Waals surface area contributed by atoms with Gasteiger partial charge in [-0.15, -0.1) is 0 Å². The van der Waals surface area contributed by atoms with Crippen LogP contribution in [0.1, 0.15) is 85.5 Å². The first-order chi connectivity index (χ1) is 16.1. The molecule has 0 aromatic carbocycles. The van der Waals surface area contributed by atoms with Gasteiger partial charge in [0.15, 0.2) is 0 Å². The maximum absolute atomic E-state index is 13.5. The molecule has 5 heteroatoms. The molecule has 2 heterocycles. The third-order valence-corrected chi connectivity index (χ3v) is 12.1. The van der Waals surface area contributed by atoms with Crippen molar-refractivity contribution in [2.24, 2.45) is 52.8 Å². The number of aliphatic hydroxyl groups is 1.